The van der Waals surface area contributed by atoms with Crippen molar-refractivity contribution in [1.29, 1.82) is 5.26 Å². The highest BCUT2D eigenvalue weighted by Gasteiger charge is 2.70. The number of rotatable bonds is 1. The Hall–Kier alpha value is -2.09. The van der Waals surface area contributed by atoms with Crippen LogP contribution in [0.15, 0.2) is 23.3 Å². The first-order chi connectivity index (χ1) is 16.5. The van der Waals surface area contributed by atoms with E-state index in [0.717, 1.165) is 24.8 Å². The van der Waals surface area contributed by atoms with Crippen molar-refractivity contribution >= 4 is 17.6 Å². The van der Waals surface area contributed by atoms with E-state index in [9.17, 15) is 24.0 Å². The summed E-state index contributed by atoms with van der Waals surface area (Å²) in [6, 6.07) is 0.903. The van der Waals surface area contributed by atoms with E-state index in [1.54, 1.807) is 6.08 Å². The Morgan fingerprint density at radius 3 is 2.25 bits per heavy atom. The fourth-order valence-electron chi connectivity index (χ4n) is 9.98. The van der Waals surface area contributed by atoms with Gasteiger partial charge in [-0.3, -0.25) is 14.4 Å². The van der Waals surface area contributed by atoms with Crippen LogP contribution in [0, 0.1) is 61.6 Å². The van der Waals surface area contributed by atoms with E-state index >= 15 is 0 Å². The second kappa shape index (κ2) is 7.27. The normalized spacial score (nSPS) is 46.7. The third-order valence-corrected chi connectivity index (χ3v) is 12.3. The maximum Gasteiger partial charge on any atom is 0.307 e. The Bertz CT molecular complexity index is 1190. The molecular formula is C31H40FNO3. The lowest BCUT2D eigenvalue weighted by Crippen LogP contribution is -2.65. The van der Waals surface area contributed by atoms with Crippen LogP contribution in [0.3, 0.4) is 0 Å². The molecule has 5 aliphatic rings. The monoisotopic (exact) mass is 493 g/mol. The zero-order chi connectivity index (χ0) is 26.7. The van der Waals surface area contributed by atoms with Gasteiger partial charge in [-0.2, -0.15) is 9.65 Å². The van der Waals surface area contributed by atoms with Crippen LogP contribution in [0.4, 0.5) is 4.39 Å². The van der Waals surface area contributed by atoms with Gasteiger partial charge < -0.3 is 0 Å². The van der Waals surface area contributed by atoms with Crippen LogP contribution < -0.4 is 0 Å². The number of halogens is 1. The number of nitriles is 1. The Morgan fingerprint density at radius 2 is 1.64 bits per heavy atom. The van der Waals surface area contributed by atoms with Crippen LogP contribution in [0.2, 0.25) is 0 Å². The predicted molar refractivity (Wildman–Crippen MR) is 135 cm³/mol. The van der Waals surface area contributed by atoms with Crippen molar-refractivity contribution in [3.63, 3.8) is 0 Å². The summed E-state index contributed by atoms with van der Waals surface area (Å²) in [7, 11) is 0. The number of hydrogen-bond donors (Lipinski definition) is 0. The van der Waals surface area contributed by atoms with E-state index in [4.69, 9.17) is 0 Å². The highest BCUT2D eigenvalue weighted by molar-refractivity contribution is 6.04. The number of carbonyl (C=O) groups is 3. The summed E-state index contributed by atoms with van der Waals surface area (Å²) < 4.78 is 14.9. The first-order valence-corrected chi connectivity index (χ1v) is 13.6. The molecule has 194 valence electrons. The van der Waals surface area contributed by atoms with Crippen LogP contribution in [-0.4, -0.2) is 17.6 Å². The Balaban J connectivity index is 1.71. The van der Waals surface area contributed by atoms with Gasteiger partial charge in [-0.25, -0.2) is 0 Å². The zero-order valence-electron chi connectivity index (χ0n) is 22.9. The number of ketones is 2. The number of nitrogens with zero attached hydrogens (tertiary/aromatic N) is 1. The maximum absolute atomic E-state index is 14.9. The van der Waals surface area contributed by atoms with Crippen molar-refractivity contribution in [2.45, 2.75) is 93.4 Å². The molecule has 7 unspecified atom stereocenters. The number of carbonyl (C=O) groups excluding carboxylic acids is 3. The van der Waals surface area contributed by atoms with E-state index in [-0.39, 0.29) is 39.8 Å². The number of hydrogen-bond acceptors (Lipinski definition) is 4. The molecule has 3 fully saturated rings. The van der Waals surface area contributed by atoms with E-state index in [1.807, 2.05) is 19.9 Å². The highest BCUT2D eigenvalue weighted by Crippen LogP contribution is 2.74. The molecule has 4 nitrogen and oxygen atoms in total. The smallest absolute Gasteiger partial charge is 0.295 e. The van der Waals surface area contributed by atoms with Crippen molar-refractivity contribution in [2.75, 3.05) is 0 Å². The van der Waals surface area contributed by atoms with Gasteiger partial charge >= 0.3 is 6.04 Å². The SMILES string of the molecule is CC1(C)CCC2(C(=O)F)CCC3(C)C(C(=O)C=C4C5(C)C=C(C#N)C(=O)C(C)(C)C5CCC43C)C2C1. The van der Waals surface area contributed by atoms with Gasteiger partial charge in [0.05, 0.1) is 11.0 Å². The molecule has 0 spiro atoms. The number of fused-ring (bicyclic) bond motifs is 7. The molecule has 0 N–H and O–H groups in total. The van der Waals surface area contributed by atoms with E-state index in [2.05, 4.69) is 40.7 Å². The minimum Gasteiger partial charge on any atom is -0.295 e. The van der Waals surface area contributed by atoms with Gasteiger partial charge in [-0.05, 0) is 79.1 Å². The molecule has 0 heterocycles. The Labute approximate surface area is 214 Å². The van der Waals surface area contributed by atoms with Crippen molar-refractivity contribution in [2.24, 2.45) is 50.2 Å². The maximum atomic E-state index is 14.9. The summed E-state index contributed by atoms with van der Waals surface area (Å²) in [5, 5.41) is 9.81. The fraction of sp³-hybridized carbons (Fsp3) is 0.742. The molecule has 3 saturated carbocycles. The Morgan fingerprint density at radius 1 is 1.00 bits per heavy atom. The number of Topliss-reactive ketones (excluding diaryl/α,β-unsaturated/α-hetero) is 1. The molecule has 0 aromatic rings. The topological polar surface area (TPSA) is 75.0 Å². The zero-order valence-corrected chi connectivity index (χ0v) is 22.9. The Kier molecular flexibility index (Phi) is 5.16. The summed E-state index contributed by atoms with van der Waals surface area (Å²) in [5.41, 5.74) is -1.95. The van der Waals surface area contributed by atoms with E-state index in [0.29, 0.717) is 25.7 Å². The molecule has 0 saturated heterocycles. The molecule has 0 bridgehead atoms. The van der Waals surface area contributed by atoms with Crippen LogP contribution in [0.25, 0.3) is 0 Å². The average molecular weight is 494 g/mol. The van der Waals surface area contributed by atoms with Crippen LogP contribution in [-0.2, 0) is 14.4 Å². The molecule has 5 aliphatic carbocycles. The quantitative estimate of drug-likeness (QED) is 0.381. The van der Waals surface area contributed by atoms with Crippen LogP contribution >= 0.6 is 0 Å². The molecule has 5 rings (SSSR count). The molecule has 36 heavy (non-hydrogen) atoms. The molecule has 0 aliphatic heterocycles. The average Bonchev–Trinajstić information content (AvgIpc) is 2.77. The van der Waals surface area contributed by atoms with Crippen LogP contribution in [0.1, 0.15) is 93.4 Å². The van der Waals surface area contributed by atoms with Crippen LogP contribution in [0.5, 0.6) is 0 Å². The summed E-state index contributed by atoms with van der Waals surface area (Å²) in [6.45, 7) is 14.8. The first kappa shape index (κ1) is 25.6. The summed E-state index contributed by atoms with van der Waals surface area (Å²) >= 11 is 0. The largest absolute Gasteiger partial charge is 0.307 e. The van der Waals surface area contributed by atoms with Gasteiger partial charge in [-0.15, -0.1) is 0 Å². The van der Waals surface area contributed by atoms with Gasteiger partial charge in [0.2, 0.25) is 0 Å². The minimum atomic E-state index is -1.23. The van der Waals surface area contributed by atoms with E-state index in [1.165, 1.54) is 0 Å². The molecule has 0 aromatic heterocycles. The molecule has 0 amide bonds. The molecule has 0 aromatic carbocycles. The predicted octanol–water partition coefficient (Wildman–Crippen LogP) is 6.70. The van der Waals surface area contributed by atoms with Crippen molar-refractivity contribution in [3.8, 4) is 6.07 Å². The summed E-state index contributed by atoms with van der Waals surface area (Å²) in [5.74, 6) is -0.833. The summed E-state index contributed by atoms with van der Waals surface area (Å²) in [6.07, 6.45) is 8.38. The van der Waals surface area contributed by atoms with Gasteiger partial charge in [0.25, 0.3) is 0 Å². The lowest BCUT2D eigenvalue weighted by molar-refractivity contribution is -0.183. The minimum absolute atomic E-state index is 0.00138. The van der Waals surface area contributed by atoms with Crippen molar-refractivity contribution in [1.82, 2.24) is 0 Å². The van der Waals surface area contributed by atoms with Gasteiger partial charge in [0.15, 0.2) is 11.6 Å². The third kappa shape index (κ3) is 2.88. The molecule has 5 heteroatoms. The lowest BCUT2D eigenvalue weighted by Gasteiger charge is -2.68. The van der Waals surface area contributed by atoms with E-state index < -0.39 is 33.6 Å². The lowest BCUT2D eigenvalue weighted by atomic mass is 9.34. The van der Waals surface area contributed by atoms with Gasteiger partial charge in [0.1, 0.15) is 6.07 Å². The standard InChI is InChI=1S/C31H40FNO3/c1-26(2)10-12-31(25(32)36)13-11-30(7)23(19(31)16-26)20(34)14-22-28(5)15-18(17-33)24(35)27(3,4)21(28)8-9-29(22,30)6/h14-15,19,21,23H,8-13,16H2,1-7H3. The third-order valence-electron chi connectivity index (χ3n) is 12.3. The summed E-state index contributed by atoms with van der Waals surface area (Å²) in [4.78, 5) is 39.9. The van der Waals surface area contributed by atoms with Crippen molar-refractivity contribution < 1.29 is 18.8 Å². The molecule has 7 atom stereocenters. The second-order valence-electron chi connectivity index (χ2n) is 14.7. The second-order valence-corrected chi connectivity index (χ2v) is 14.7. The first-order valence-electron chi connectivity index (χ1n) is 13.6. The highest BCUT2D eigenvalue weighted by atomic mass is 19.1. The number of allylic oxidation sites excluding steroid dienone is 4. The van der Waals surface area contributed by atoms with Gasteiger partial charge in [0, 0.05) is 16.7 Å². The fourth-order valence-corrected chi connectivity index (χ4v) is 9.98. The van der Waals surface area contributed by atoms with Gasteiger partial charge in [-0.1, -0.05) is 60.1 Å². The van der Waals surface area contributed by atoms with Crippen molar-refractivity contribution in [3.05, 3.63) is 23.3 Å². The molecular weight excluding hydrogens is 453 g/mol. The molecule has 0 radical (unpaired) electrons.